The van der Waals surface area contributed by atoms with Gasteiger partial charge in [-0.05, 0) is 62.0 Å². The van der Waals surface area contributed by atoms with Crippen LogP contribution in [0.15, 0.2) is 24.3 Å². The van der Waals surface area contributed by atoms with E-state index >= 15 is 0 Å². The molecule has 0 saturated carbocycles. The molecule has 0 spiro atoms. The van der Waals surface area contributed by atoms with Gasteiger partial charge in [0.2, 0.25) is 5.91 Å². The van der Waals surface area contributed by atoms with Crippen LogP contribution in [0.25, 0.3) is 0 Å². The number of hydrogen-bond donors (Lipinski definition) is 1. The molecule has 2 aliphatic heterocycles. The molecule has 0 bridgehead atoms. The third kappa shape index (κ3) is 6.22. The summed E-state index contributed by atoms with van der Waals surface area (Å²) in [6, 6.07) is 8.58. The lowest BCUT2D eigenvalue weighted by Gasteiger charge is -2.33. The van der Waals surface area contributed by atoms with Crippen LogP contribution in [0, 0.1) is 11.8 Å². The van der Waals surface area contributed by atoms with Crippen molar-refractivity contribution >= 4 is 11.9 Å². The van der Waals surface area contributed by atoms with E-state index in [1.54, 1.807) is 0 Å². The topological polar surface area (TPSA) is 52.7 Å². The number of carbonyl (C=O) groups excluding carboxylic acids is 2. The second-order valence-corrected chi connectivity index (χ2v) is 9.23. The predicted molar refractivity (Wildman–Crippen MR) is 117 cm³/mol. The van der Waals surface area contributed by atoms with Crippen LogP contribution in [0.2, 0.25) is 0 Å². The first-order chi connectivity index (χ1) is 13.9. The average Bonchev–Trinajstić information content (AvgIpc) is 3.23. The zero-order valence-electron chi connectivity index (χ0n) is 18.3. The van der Waals surface area contributed by atoms with Crippen molar-refractivity contribution in [2.24, 2.45) is 11.8 Å². The fourth-order valence-electron chi connectivity index (χ4n) is 4.46. The highest BCUT2D eigenvalue weighted by molar-refractivity contribution is 5.77. The molecule has 2 aliphatic rings. The highest BCUT2D eigenvalue weighted by atomic mass is 16.2. The number of benzene rings is 1. The van der Waals surface area contributed by atoms with Gasteiger partial charge in [-0.15, -0.1) is 0 Å². The summed E-state index contributed by atoms with van der Waals surface area (Å²) in [6.45, 7) is 9.82. The van der Waals surface area contributed by atoms with Crippen molar-refractivity contribution in [2.45, 2.75) is 65.3 Å². The first-order valence-corrected chi connectivity index (χ1v) is 11.3. The highest BCUT2D eigenvalue weighted by Crippen LogP contribution is 2.23. The SMILES string of the molecule is CC(C)Cc1ccc(C(C)NC(=O)N2CCC(CC(=O)N3CCCC3)CC2)cc1. The molecule has 0 aromatic heterocycles. The molecule has 2 fully saturated rings. The van der Waals surface area contributed by atoms with Crippen molar-refractivity contribution in [3.63, 3.8) is 0 Å². The van der Waals surface area contributed by atoms with Gasteiger partial charge in [-0.3, -0.25) is 4.79 Å². The highest BCUT2D eigenvalue weighted by Gasteiger charge is 2.27. The molecule has 1 atom stereocenters. The number of likely N-dealkylation sites (tertiary alicyclic amines) is 2. The van der Waals surface area contributed by atoms with Gasteiger partial charge in [-0.1, -0.05) is 38.1 Å². The zero-order chi connectivity index (χ0) is 20.8. The van der Waals surface area contributed by atoms with Crippen LogP contribution in [-0.2, 0) is 11.2 Å². The van der Waals surface area contributed by atoms with Crippen molar-refractivity contribution in [2.75, 3.05) is 26.2 Å². The van der Waals surface area contributed by atoms with Crippen LogP contribution < -0.4 is 5.32 Å². The lowest BCUT2D eigenvalue weighted by Crippen LogP contribution is -2.45. The van der Waals surface area contributed by atoms with Gasteiger partial charge < -0.3 is 15.1 Å². The molecule has 1 unspecified atom stereocenters. The molecule has 1 aromatic carbocycles. The molecule has 3 rings (SSSR count). The van der Waals surface area contributed by atoms with Crippen LogP contribution in [0.5, 0.6) is 0 Å². The first kappa shape index (κ1) is 21.7. The van der Waals surface area contributed by atoms with Crippen molar-refractivity contribution < 1.29 is 9.59 Å². The summed E-state index contributed by atoms with van der Waals surface area (Å²) in [5, 5.41) is 3.14. The van der Waals surface area contributed by atoms with Crippen LogP contribution >= 0.6 is 0 Å². The van der Waals surface area contributed by atoms with Crippen LogP contribution in [0.1, 0.15) is 70.0 Å². The Morgan fingerprint density at radius 2 is 1.59 bits per heavy atom. The van der Waals surface area contributed by atoms with Gasteiger partial charge in [0.25, 0.3) is 0 Å². The van der Waals surface area contributed by atoms with Crippen molar-refractivity contribution in [1.29, 1.82) is 0 Å². The lowest BCUT2D eigenvalue weighted by molar-refractivity contribution is -0.131. The molecular weight excluding hydrogens is 362 g/mol. The van der Waals surface area contributed by atoms with Crippen molar-refractivity contribution in [3.05, 3.63) is 35.4 Å². The van der Waals surface area contributed by atoms with E-state index < -0.39 is 0 Å². The second kappa shape index (κ2) is 10.1. The summed E-state index contributed by atoms with van der Waals surface area (Å²) >= 11 is 0. The maximum atomic E-state index is 12.7. The molecule has 160 valence electrons. The summed E-state index contributed by atoms with van der Waals surface area (Å²) in [4.78, 5) is 28.9. The number of urea groups is 1. The Kier molecular flexibility index (Phi) is 7.57. The van der Waals surface area contributed by atoms with Gasteiger partial charge in [-0.25, -0.2) is 4.79 Å². The van der Waals surface area contributed by atoms with Gasteiger partial charge >= 0.3 is 6.03 Å². The molecule has 2 saturated heterocycles. The maximum Gasteiger partial charge on any atom is 0.317 e. The van der Waals surface area contributed by atoms with E-state index in [2.05, 4.69) is 43.4 Å². The Balaban J connectivity index is 1.42. The minimum Gasteiger partial charge on any atom is -0.343 e. The predicted octanol–water partition coefficient (Wildman–Crippen LogP) is 4.38. The summed E-state index contributed by atoms with van der Waals surface area (Å²) in [5.41, 5.74) is 2.48. The van der Waals surface area contributed by atoms with Crippen molar-refractivity contribution in [3.8, 4) is 0 Å². The van der Waals surface area contributed by atoms with Gasteiger partial charge in [0.1, 0.15) is 0 Å². The monoisotopic (exact) mass is 399 g/mol. The van der Waals surface area contributed by atoms with Crippen LogP contribution in [0.3, 0.4) is 0 Å². The van der Waals surface area contributed by atoms with E-state index in [9.17, 15) is 9.59 Å². The number of nitrogens with zero attached hydrogens (tertiary/aromatic N) is 2. The molecule has 0 radical (unpaired) electrons. The lowest BCUT2D eigenvalue weighted by atomic mass is 9.93. The molecule has 3 amide bonds. The number of amides is 3. The van der Waals surface area contributed by atoms with Gasteiger partial charge in [-0.2, -0.15) is 0 Å². The largest absolute Gasteiger partial charge is 0.343 e. The van der Waals surface area contributed by atoms with Gasteiger partial charge in [0.15, 0.2) is 0 Å². The van der Waals surface area contributed by atoms with Crippen LogP contribution in [-0.4, -0.2) is 47.9 Å². The zero-order valence-corrected chi connectivity index (χ0v) is 18.3. The molecule has 2 heterocycles. The Bertz CT molecular complexity index is 672. The van der Waals surface area contributed by atoms with Crippen LogP contribution in [0.4, 0.5) is 4.79 Å². The fraction of sp³-hybridized carbons (Fsp3) is 0.667. The smallest absolute Gasteiger partial charge is 0.317 e. The van der Waals surface area contributed by atoms with E-state index in [1.165, 1.54) is 5.56 Å². The Morgan fingerprint density at radius 3 is 2.17 bits per heavy atom. The Morgan fingerprint density at radius 1 is 0.966 bits per heavy atom. The number of piperidine rings is 1. The molecular formula is C24H37N3O2. The van der Waals surface area contributed by atoms with Crippen molar-refractivity contribution in [1.82, 2.24) is 15.1 Å². The molecule has 5 nitrogen and oxygen atoms in total. The van der Waals surface area contributed by atoms with Gasteiger partial charge in [0, 0.05) is 32.6 Å². The first-order valence-electron chi connectivity index (χ1n) is 11.3. The van der Waals surface area contributed by atoms with E-state index in [0.29, 0.717) is 24.2 Å². The minimum absolute atomic E-state index is 0.00748. The summed E-state index contributed by atoms with van der Waals surface area (Å²) in [6.07, 6.45) is 5.85. The second-order valence-electron chi connectivity index (χ2n) is 9.23. The van der Waals surface area contributed by atoms with E-state index in [1.807, 2.05) is 16.7 Å². The van der Waals surface area contributed by atoms with Gasteiger partial charge in [0.05, 0.1) is 6.04 Å². The number of hydrogen-bond acceptors (Lipinski definition) is 2. The molecule has 1 N–H and O–H groups in total. The summed E-state index contributed by atoms with van der Waals surface area (Å²) in [5.74, 6) is 1.37. The average molecular weight is 400 g/mol. The Hall–Kier alpha value is -2.04. The quantitative estimate of drug-likeness (QED) is 0.772. The standard InChI is InChI=1S/C24H37N3O2/c1-18(2)16-20-6-8-22(9-7-20)19(3)25-24(29)27-14-10-21(11-15-27)17-23(28)26-12-4-5-13-26/h6-9,18-19,21H,4-5,10-17H2,1-3H3,(H,25,29). The van der Waals surface area contributed by atoms with E-state index in [-0.39, 0.29) is 12.1 Å². The minimum atomic E-state index is -0.00920. The maximum absolute atomic E-state index is 12.7. The normalized spacial score (nSPS) is 18.9. The fourth-order valence-corrected chi connectivity index (χ4v) is 4.46. The third-order valence-electron chi connectivity index (χ3n) is 6.29. The summed E-state index contributed by atoms with van der Waals surface area (Å²) < 4.78 is 0. The molecule has 0 aliphatic carbocycles. The van der Waals surface area contributed by atoms with E-state index in [0.717, 1.165) is 63.8 Å². The Labute approximate surface area is 175 Å². The third-order valence-corrected chi connectivity index (χ3v) is 6.29. The molecule has 1 aromatic rings. The number of carbonyl (C=O) groups is 2. The molecule has 5 heteroatoms. The molecule has 29 heavy (non-hydrogen) atoms. The number of rotatable bonds is 6. The number of nitrogens with one attached hydrogen (secondary N) is 1. The van der Waals surface area contributed by atoms with E-state index in [4.69, 9.17) is 0 Å². The summed E-state index contributed by atoms with van der Waals surface area (Å²) in [7, 11) is 0.